The molecule has 0 saturated heterocycles. The molecule has 1 aromatic heterocycles. The highest BCUT2D eigenvalue weighted by molar-refractivity contribution is 7.15. The summed E-state index contributed by atoms with van der Waals surface area (Å²) in [5.41, 5.74) is 2.71. The minimum atomic E-state index is -0.0410. The van der Waals surface area contributed by atoms with Gasteiger partial charge in [-0.05, 0) is 31.0 Å². The standard InChI is InChI=1S/C15H18ClN3OS/c1-3-6-17-14(20)11-5-4-10(2)13(7-11)18-8-12-9-19-15(16)21-12/h4-5,7,9,18H,3,6,8H2,1-2H3,(H,17,20). The first-order valence-electron chi connectivity index (χ1n) is 6.83. The first-order chi connectivity index (χ1) is 10.1. The first kappa shape index (κ1) is 15.8. The van der Waals surface area contributed by atoms with Crippen molar-refractivity contribution < 1.29 is 4.79 Å². The lowest BCUT2D eigenvalue weighted by Gasteiger charge is -2.11. The lowest BCUT2D eigenvalue weighted by molar-refractivity contribution is 0.0953. The predicted molar refractivity (Wildman–Crippen MR) is 88.3 cm³/mol. The highest BCUT2D eigenvalue weighted by atomic mass is 35.5. The van der Waals surface area contributed by atoms with Gasteiger partial charge in [-0.25, -0.2) is 4.98 Å². The summed E-state index contributed by atoms with van der Waals surface area (Å²) < 4.78 is 0.538. The maximum atomic E-state index is 12.0. The van der Waals surface area contributed by atoms with E-state index in [0.29, 0.717) is 23.1 Å². The molecule has 0 radical (unpaired) electrons. The molecule has 0 aliphatic carbocycles. The summed E-state index contributed by atoms with van der Waals surface area (Å²) in [4.78, 5) is 17.0. The Kier molecular flexibility index (Phi) is 5.59. The average Bonchev–Trinajstić information content (AvgIpc) is 2.89. The van der Waals surface area contributed by atoms with Crippen molar-refractivity contribution >= 4 is 34.5 Å². The molecule has 4 nitrogen and oxygen atoms in total. The largest absolute Gasteiger partial charge is 0.380 e. The van der Waals surface area contributed by atoms with Crippen LogP contribution in [0.25, 0.3) is 0 Å². The fourth-order valence-electron chi connectivity index (χ4n) is 1.84. The summed E-state index contributed by atoms with van der Waals surface area (Å²) in [6.45, 7) is 5.37. The number of carbonyl (C=O) groups is 1. The van der Waals surface area contributed by atoms with E-state index in [2.05, 4.69) is 15.6 Å². The summed E-state index contributed by atoms with van der Waals surface area (Å²) in [7, 11) is 0. The van der Waals surface area contributed by atoms with Crippen molar-refractivity contribution in [3.05, 3.63) is 44.9 Å². The van der Waals surface area contributed by atoms with Gasteiger partial charge >= 0.3 is 0 Å². The van der Waals surface area contributed by atoms with E-state index in [0.717, 1.165) is 22.5 Å². The van der Waals surface area contributed by atoms with E-state index in [1.54, 1.807) is 6.20 Å². The second kappa shape index (κ2) is 7.43. The van der Waals surface area contributed by atoms with Crippen LogP contribution in [-0.2, 0) is 6.54 Å². The lowest BCUT2D eigenvalue weighted by Crippen LogP contribution is -2.24. The lowest BCUT2D eigenvalue weighted by atomic mass is 10.1. The summed E-state index contributed by atoms with van der Waals surface area (Å²) in [6, 6.07) is 5.67. The van der Waals surface area contributed by atoms with Crippen molar-refractivity contribution in [3.8, 4) is 0 Å². The number of aryl methyl sites for hydroxylation is 1. The molecule has 0 bridgehead atoms. The van der Waals surface area contributed by atoms with Crippen LogP contribution in [0.2, 0.25) is 4.47 Å². The highest BCUT2D eigenvalue weighted by Crippen LogP contribution is 2.21. The van der Waals surface area contributed by atoms with Crippen molar-refractivity contribution in [2.45, 2.75) is 26.8 Å². The molecule has 0 atom stereocenters. The van der Waals surface area contributed by atoms with Crippen LogP contribution in [0.4, 0.5) is 5.69 Å². The zero-order valence-electron chi connectivity index (χ0n) is 12.1. The fraction of sp³-hybridized carbons (Fsp3) is 0.333. The molecule has 0 saturated carbocycles. The topological polar surface area (TPSA) is 54.0 Å². The van der Waals surface area contributed by atoms with E-state index in [9.17, 15) is 4.79 Å². The van der Waals surface area contributed by atoms with Gasteiger partial charge in [0, 0.05) is 28.9 Å². The fourth-order valence-corrected chi connectivity index (χ4v) is 2.76. The van der Waals surface area contributed by atoms with Crippen LogP contribution in [0.1, 0.15) is 34.1 Å². The van der Waals surface area contributed by atoms with Gasteiger partial charge in [-0.1, -0.05) is 24.6 Å². The quantitative estimate of drug-likeness (QED) is 0.848. The van der Waals surface area contributed by atoms with Gasteiger partial charge in [-0.15, -0.1) is 11.3 Å². The molecule has 0 spiro atoms. The summed E-state index contributed by atoms with van der Waals surface area (Å²) in [5.74, 6) is -0.0410. The molecule has 1 heterocycles. The van der Waals surface area contributed by atoms with Crippen molar-refractivity contribution in [2.75, 3.05) is 11.9 Å². The predicted octanol–water partition coefficient (Wildman–Crippen LogP) is 3.86. The van der Waals surface area contributed by atoms with Crippen LogP contribution in [0.15, 0.2) is 24.4 Å². The smallest absolute Gasteiger partial charge is 0.251 e. The number of benzene rings is 1. The third kappa shape index (κ3) is 4.44. The second-order valence-electron chi connectivity index (χ2n) is 4.72. The van der Waals surface area contributed by atoms with E-state index in [-0.39, 0.29) is 5.91 Å². The number of carbonyl (C=O) groups excluding carboxylic acids is 1. The van der Waals surface area contributed by atoms with Crippen LogP contribution in [-0.4, -0.2) is 17.4 Å². The monoisotopic (exact) mass is 323 g/mol. The Bertz CT molecular complexity index is 627. The van der Waals surface area contributed by atoms with E-state index >= 15 is 0 Å². The van der Waals surface area contributed by atoms with Gasteiger partial charge in [0.2, 0.25) is 0 Å². The third-order valence-electron chi connectivity index (χ3n) is 3.01. The minimum Gasteiger partial charge on any atom is -0.380 e. The molecule has 0 unspecified atom stereocenters. The van der Waals surface area contributed by atoms with Crippen LogP contribution in [0.3, 0.4) is 0 Å². The summed E-state index contributed by atoms with van der Waals surface area (Å²) in [5, 5.41) is 6.21. The molecule has 2 rings (SSSR count). The Morgan fingerprint density at radius 1 is 1.43 bits per heavy atom. The first-order valence-corrected chi connectivity index (χ1v) is 8.02. The molecule has 6 heteroatoms. The number of halogens is 1. The van der Waals surface area contributed by atoms with E-state index in [1.165, 1.54) is 11.3 Å². The number of anilines is 1. The van der Waals surface area contributed by atoms with E-state index in [1.807, 2.05) is 32.0 Å². The molecule has 1 aromatic carbocycles. The Morgan fingerprint density at radius 2 is 2.24 bits per heavy atom. The van der Waals surface area contributed by atoms with Crippen LogP contribution < -0.4 is 10.6 Å². The van der Waals surface area contributed by atoms with Crippen LogP contribution >= 0.6 is 22.9 Å². The third-order valence-corrected chi connectivity index (χ3v) is 4.13. The number of hydrogen-bond donors (Lipinski definition) is 2. The van der Waals surface area contributed by atoms with E-state index < -0.39 is 0 Å². The number of aromatic nitrogens is 1. The van der Waals surface area contributed by atoms with Crippen molar-refractivity contribution in [1.29, 1.82) is 0 Å². The number of hydrogen-bond acceptors (Lipinski definition) is 4. The summed E-state index contributed by atoms with van der Waals surface area (Å²) >= 11 is 7.26. The van der Waals surface area contributed by atoms with Crippen molar-refractivity contribution in [1.82, 2.24) is 10.3 Å². The number of nitrogens with one attached hydrogen (secondary N) is 2. The SMILES string of the molecule is CCCNC(=O)c1ccc(C)c(NCc2cnc(Cl)s2)c1. The Hall–Kier alpha value is -1.59. The zero-order valence-corrected chi connectivity index (χ0v) is 13.6. The molecular formula is C15H18ClN3OS. The second-order valence-corrected chi connectivity index (χ2v) is 6.42. The highest BCUT2D eigenvalue weighted by Gasteiger charge is 2.08. The van der Waals surface area contributed by atoms with Gasteiger partial charge < -0.3 is 10.6 Å². The van der Waals surface area contributed by atoms with Gasteiger partial charge in [0.25, 0.3) is 5.91 Å². The molecule has 1 amide bonds. The van der Waals surface area contributed by atoms with Crippen molar-refractivity contribution in [2.24, 2.45) is 0 Å². The number of rotatable bonds is 6. The number of thiazole rings is 1. The maximum Gasteiger partial charge on any atom is 0.251 e. The normalized spacial score (nSPS) is 10.4. The molecule has 0 aliphatic rings. The van der Waals surface area contributed by atoms with Gasteiger partial charge in [0.15, 0.2) is 4.47 Å². The maximum absolute atomic E-state index is 12.0. The molecule has 112 valence electrons. The van der Waals surface area contributed by atoms with Crippen LogP contribution in [0, 0.1) is 6.92 Å². The molecule has 0 aliphatic heterocycles. The molecular weight excluding hydrogens is 306 g/mol. The average molecular weight is 324 g/mol. The molecule has 2 aromatic rings. The van der Waals surface area contributed by atoms with Gasteiger partial charge in [0.1, 0.15) is 0 Å². The molecule has 0 fully saturated rings. The molecule has 2 N–H and O–H groups in total. The number of nitrogens with zero attached hydrogens (tertiary/aromatic N) is 1. The zero-order chi connectivity index (χ0) is 15.2. The molecule has 21 heavy (non-hydrogen) atoms. The van der Waals surface area contributed by atoms with Gasteiger partial charge in [0.05, 0.1) is 6.54 Å². The van der Waals surface area contributed by atoms with Crippen molar-refractivity contribution in [3.63, 3.8) is 0 Å². The Labute approximate surface area is 133 Å². The van der Waals surface area contributed by atoms with Gasteiger partial charge in [-0.2, -0.15) is 0 Å². The van der Waals surface area contributed by atoms with E-state index in [4.69, 9.17) is 11.6 Å². The van der Waals surface area contributed by atoms with Gasteiger partial charge in [-0.3, -0.25) is 4.79 Å². The minimum absolute atomic E-state index is 0.0410. The Morgan fingerprint density at radius 3 is 2.90 bits per heavy atom. The number of amides is 1. The van der Waals surface area contributed by atoms with Crippen LogP contribution in [0.5, 0.6) is 0 Å². The Balaban J connectivity index is 2.06. The summed E-state index contributed by atoms with van der Waals surface area (Å²) in [6.07, 6.45) is 2.68.